The van der Waals surface area contributed by atoms with E-state index in [2.05, 4.69) is 24.3 Å². The first-order valence-electron chi connectivity index (χ1n) is 3.17. The van der Waals surface area contributed by atoms with E-state index in [1.165, 1.54) is 0 Å². The fourth-order valence-corrected chi connectivity index (χ4v) is 0.874. The summed E-state index contributed by atoms with van der Waals surface area (Å²) in [5, 5.41) is 0. The van der Waals surface area contributed by atoms with E-state index in [-0.39, 0.29) is 5.60 Å². The molecule has 0 atom stereocenters. The van der Waals surface area contributed by atoms with Crippen LogP contribution in [0.1, 0.15) is 13.3 Å². The Bertz CT molecular complexity index is 133. The molecule has 50 valence electrons. The quantitative estimate of drug-likeness (QED) is 0.485. The third kappa shape index (κ3) is 1.42. The van der Waals surface area contributed by atoms with Crippen LogP contribution in [-0.4, -0.2) is 12.7 Å². The van der Waals surface area contributed by atoms with Crippen molar-refractivity contribution in [2.45, 2.75) is 18.9 Å². The second-order valence-corrected chi connectivity index (χ2v) is 2.43. The normalized spacial score (nSPS) is 22.4. The Morgan fingerprint density at radius 1 is 1.33 bits per heavy atom. The van der Waals surface area contributed by atoms with Crippen LogP contribution >= 0.6 is 0 Å². The van der Waals surface area contributed by atoms with Crippen LogP contribution < -0.4 is 0 Å². The van der Waals surface area contributed by atoms with Gasteiger partial charge in [0, 0.05) is 7.11 Å². The Balaban J connectivity index is 2.67. The maximum Gasteiger partial charge on any atom is 0.101 e. The maximum absolute atomic E-state index is 5.20. The zero-order chi connectivity index (χ0) is 6.74. The Morgan fingerprint density at radius 2 is 1.89 bits per heavy atom. The molecule has 0 bridgehead atoms. The Morgan fingerprint density at radius 3 is 2.22 bits per heavy atom. The molecule has 1 nitrogen and oxygen atoms in total. The molecule has 0 aliphatic heterocycles. The first kappa shape index (κ1) is 6.56. The zero-order valence-corrected chi connectivity index (χ0v) is 5.92. The first-order chi connectivity index (χ1) is 4.27. The number of methoxy groups -OCH3 is 1. The average molecular weight is 124 g/mol. The highest BCUT2D eigenvalue weighted by Crippen LogP contribution is 2.17. The van der Waals surface area contributed by atoms with Gasteiger partial charge in [-0.25, -0.2) is 0 Å². The van der Waals surface area contributed by atoms with Crippen molar-refractivity contribution in [3.05, 3.63) is 24.3 Å². The molecule has 0 N–H and O–H groups in total. The molecule has 1 heteroatoms. The topological polar surface area (TPSA) is 9.23 Å². The predicted octanol–water partition coefficient (Wildman–Crippen LogP) is 1.91. The lowest BCUT2D eigenvalue weighted by molar-refractivity contribution is 0.0893. The second kappa shape index (κ2) is 2.36. The Kier molecular flexibility index (Phi) is 1.72. The van der Waals surface area contributed by atoms with Gasteiger partial charge in [-0.15, -0.1) is 0 Å². The lowest BCUT2D eigenvalue weighted by Crippen LogP contribution is -2.21. The molecular weight excluding hydrogens is 112 g/mol. The van der Waals surface area contributed by atoms with Gasteiger partial charge in [-0.2, -0.15) is 0 Å². The summed E-state index contributed by atoms with van der Waals surface area (Å²) in [6, 6.07) is 0. The van der Waals surface area contributed by atoms with E-state index in [0.29, 0.717) is 0 Å². The van der Waals surface area contributed by atoms with Gasteiger partial charge in [0.25, 0.3) is 0 Å². The van der Waals surface area contributed by atoms with E-state index in [9.17, 15) is 0 Å². The Labute approximate surface area is 56.0 Å². The van der Waals surface area contributed by atoms with Crippen LogP contribution in [0.15, 0.2) is 24.3 Å². The van der Waals surface area contributed by atoms with E-state index in [1.54, 1.807) is 7.11 Å². The summed E-state index contributed by atoms with van der Waals surface area (Å²) in [5.41, 5.74) is -0.141. The van der Waals surface area contributed by atoms with Gasteiger partial charge in [0.1, 0.15) is 5.60 Å². The predicted molar refractivity (Wildman–Crippen MR) is 38.3 cm³/mol. The van der Waals surface area contributed by atoms with Crippen molar-refractivity contribution in [1.29, 1.82) is 0 Å². The molecule has 0 saturated carbocycles. The number of hydrogen-bond acceptors (Lipinski definition) is 1. The van der Waals surface area contributed by atoms with Crippen molar-refractivity contribution in [1.82, 2.24) is 0 Å². The minimum atomic E-state index is -0.141. The van der Waals surface area contributed by atoms with Gasteiger partial charge in [0.15, 0.2) is 0 Å². The van der Waals surface area contributed by atoms with E-state index in [4.69, 9.17) is 4.74 Å². The van der Waals surface area contributed by atoms with E-state index in [0.717, 1.165) is 6.42 Å². The van der Waals surface area contributed by atoms with Crippen molar-refractivity contribution in [2.24, 2.45) is 0 Å². The number of rotatable bonds is 1. The molecule has 0 aromatic rings. The smallest absolute Gasteiger partial charge is 0.101 e. The van der Waals surface area contributed by atoms with Crippen LogP contribution in [-0.2, 0) is 4.74 Å². The lowest BCUT2D eigenvalue weighted by atomic mass is 10.0. The van der Waals surface area contributed by atoms with Gasteiger partial charge in [-0.1, -0.05) is 24.3 Å². The standard InChI is InChI=1S/C8H12O/c1-8(9-2)6-4-3-5-7-8/h4-7H,3H2,1-2H3. The van der Waals surface area contributed by atoms with Crippen LogP contribution in [0.2, 0.25) is 0 Å². The number of ether oxygens (including phenoxy) is 1. The highest BCUT2D eigenvalue weighted by Gasteiger charge is 2.15. The van der Waals surface area contributed by atoms with Gasteiger partial charge < -0.3 is 4.74 Å². The minimum Gasteiger partial charge on any atom is -0.370 e. The molecule has 1 aliphatic carbocycles. The zero-order valence-electron chi connectivity index (χ0n) is 5.92. The molecule has 0 aromatic carbocycles. The number of hydrogen-bond donors (Lipinski definition) is 0. The van der Waals surface area contributed by atoms with Crippen LogP contribution in [0.25, 0.3) is 0 Å². The first-order valence-corrected chi connectivity index (χ1v) is 3.17. The molecule has 0 radical (unpaired) electrons. The van der Waals surface area contributed by atoms with Gasteiger partial charge in [-0.3, -0.25) is 0 Å². The fraction of sp³-hybridized carbons (Fsp3) is 0.500. The molecule has 1 aliphatic rings. The molecule has 0 amide bonds. The molecule has 0 unspecified atom stereocenters. The molecule has 0 spiro atoms. The summed E-state index contributed by atoms with van der Waals surface area (Å²) >= 11 is 0. The molecule has 9 heavy (non-hydrogen) atoms. The third-order valence-corrected chi connectivity index (χ3v) is 1.61. The molecule has 0 fully saturated rings. The highest BCUT2D eigenvalue weighted by atomic mass is 16.5. The molecular formula is C8H12O. The third-order valence-electron chi connectivity index (χ3n) is 1.61. The maximum atomic E-state index is 5.20. The minimum absolute atomic E-state index is 0.141. The molecule has 0 heterocycles. The average Bonchev–Trinajstić information content (AvgIpc) is 1.90. The fourth-order valence-electron chi connectivity index (χ4n) is 0.874. The van der Waals surface area contributed by atoms with Gasteiger partial charge >= 0.3 is 0 Å². The summed E-state index contributed by atoms with van der Waals surface area (Å²) in [6.45, 7) is 2.04. The summed E-state index contributed by atoms with van der Waals surface area (Å²) in [7, 11) is 1.72. The van der Waals surface area contributed by atoms with E-state index < -0.39 is 0 Å². The van der Waals surface area contributed by atoms with Crippen LogP contribution in [0.4, 0.5) is 0 Å². The molecule has 1 rings (SSSR count). The van der Waals surface area contributed by atoms with Crippen molar-refractivity contribution >= 4 is 0 Å². The van der Waals surface area contributed by atoms with E-state index in [1.807, 2.05) is 6.92 Å². The monoisotopic (exact) mass is 124 g/mol. The van der Waals surface area contributed by atoms with E-state index >= 15 is 0 Å². The van der Waals surface area contributed by atoms with Gasteiger partial charge in [0.05, 0.1) is 0 Å². The van der Waals surface area contributed by atoms with Crippen LogP contribution in [0.5, 0.6) is 0 Å². The SMILES string of the molecule is COC1(C)C=CCC=C1. The van der Waals surface area contributed by atoms with Crippen molar-refractivity contribution < 1.29 is 4.74 Å². The summed E-state index contributed by atoms with van der Waals surface area (Å²) in [6.07, 6.45) is 9.42. The molecule has 0 saturated heterocycles. The van der Waals surface area contributed by atoms with Crippen molar-refractivity contribution in [2.75, 3.05) is 7.11 Å². The second-order valence-electron chi connectivity index (χ2n) is 2.43. The van der Waals surface area contributed by atoms with Gasteiger partial charge in [0.2, 0.25) is 0 Å². The van der Waals surface area contributed by atoms with Gasteiger partial charge in [-0.05, 0) is 13.3 Å². The number of allylic oxidation sites excluding steroid dienone is 2. The summed E-state index contributed by atoms with van der Waals surface area (Å²) in [4.78, 5) is 0. The lowest BCUT2D eigenvalue weighted by Gasteiger charge is -2.21. The molecule has 0 aromatic heterocycles. The van der Waals surface area contributed by atoms with Crippen molar-refractivity contribution in [3.8, 4) is 0 Å². The Hall–Kier alpha value is -0.560. The van der Waals surface area contributed by atoms with Crippen LogP contribution in [0.3, 0.4) is 0 Å². The highest BCUT2D eigenvalue weighted by molar-refractivity contribution is 5.18. The van der Waals surface area contributed by atoms with Crippen LogP contribution in [0, 0.1) is 0 Å². The summed E-state index contributed by atoms with van der Waals surface area (Å²) in [5.74, 6) is 0. The largest absolute Gasteiger partial charge is 0.370 e. The van der Waals surface area contributed by atoms with Crippen molar-refractivity contribution in [3.63, 3.8) is 0 Å². The summed E-state index contributed by atoms with van der Waals surface area (Å²) < 4.78 is 5.20.